The fraction of sp³-hybridized carbons (Fsp3) is 0.172. The first-order chi connectivity index (χ1) is 19.6. The first-order valence-electron chi connectivity index (χ1n) is 12.6. The summed E-state index contributed by atoms with van der Waals surface area (Å²) in [7, 11) is 3.82. The molecule has 3 aromatic carbocycles. The second kappa shape index (κ2) is 10.9. The maximum Gasteiger partial charge on any atom is 0.257 e. The van der Waals surface area contributed by atoms with Crippen molar-refractivity contribution in [1.29, 1.82) is 0 Å². The van der Waals surface area contributed by atoms with Gasteiger partial charge in [0, 0.05) is 44.8 Å². The van der Waals surface area contributed by atoms with Crippen LogP contribution in [0.2, 0.25) is 0 Å². The summed E-state index contributed by atoms with van der Waals surface area (Å²) < 4.78 is 30.6. The number of hydrogen-bond acceptors (Lipinski definition) is 9. The van der Waals surface area contributed by atoms with E-state index in [0.29, 0.717) is 34.5 Å². The molecule has 0 saturated carbocycles. The molecule has 2 heterocycles. The Morgan fingerprint density at radius 1 is 0.927 bits per heavy atom. The van der Waals surface area contributed by atoms with E-state index in [4.69, 9.17) is 14.7 Å². The standard InChI is InChI=1S/C29H29N7O4S/c1-34(20-11-15-22(16-12-20)41(5,38)39)28-30-18-17-25(31-28)35(2)23-7-6-8-24-26(23)32-29(36(24)3)33-27(37)19-9-13-21(40-4)14-10-19/h6-18H,1-5H3,(H,32,33,37). The number of hydrogen-bond donors (Lipinski definition) is 1. The van der Waals surface area contributed by atoms with Crippen molar-refractivity contribution in [2.24, 2.45) is 7.05 Å². The van der Waals surface area contributed by atoms with Gasteiger partial charge in [-0.2, -0.15) is 4.98 Å². The number of aryl methyl sites for hydroxylation is 1. The largest absolute Gasteiger partial charge is 0.497 e. The van der Waals surface area contributed by atoms with Crippen LogP contribution < -0.4 is 19.9 Å². The molecule has 210 valence electrons. The minimum atomic E-state index is -3.29. The van der Waals surface area contributed by atoms with Crippen molar-refractivity contribution in [1.82, 2.24) is 19.5 Å². The Bertz CT molecular complexity index is 1840. The van der Waals surface area contributed by atoms with Gasteiger partial charge in [-0.3, -0.25) is 10.1 Å². The van der Waals surface area contributed by atoms with Crippen LogP contribution >= 0.6 is 0 Å². The Hall–Kier alpha value is -4.97. The highest BCUT2D eigenvalue weighted by atomic mass is 32.2. The highest BCUT2D eigenvalue weighted by Gasteiger charge is 2.19. The number of imidazole rings is 1. The highest BCUT2D eigenvalue weighted by molar-refractivity contribution is 7.90. The van der Waals surface area contributed by atoms with Crippen LogP contribution in [0.15, 0.2) is 83.9 Å². The Morgan fingerprint density at radius 2 is 1.63 bits per heavy atom. The second-order valence-corrected chi connectivity index (χ2v) is 11.4. The number of nitrogens with one attached hydrogen (secondary N) is 1. The summed E-state index contributed by atoms with van der Waals surface area (Å²) >= 11 is 0. The summed E-state index contributed by atoms with van der Waals surface area (Å²) in [5.41, 5.74) is 3.53. The molecule has 5 rings (SSSR count). The minimum Gasteiger partial charge on any atom is -0.497 e. The summed E-state index contributed by atoms with van der Waals surface area (Å²) in [5, 5.41) is 2.90. The van der Waals surface area contributed by atoms with Gasteiger partial charge < -0.3 is 19.1 Å². The number of methoxy groups -OCH3 is 1. The number of sulfone groups is 1. The molecule has 0 spiro atoms. The van der Waals surface area contributed by atoms with E-state index in [1.807, 2.05) is 48.8 Å². The van der Waals surface area contributed by atoms with E-state index in [1.165, 1.54) is 6.26 Å². The third-order valence-corrected chi connectivity index (χ3v) is 7.88. The van der Waals surface area contributed by atoms with Crippen LogP contribution in [-0.4, -0.2) is 61.3 Å². The average molecular weight is 572 g/mol. The Morgan fingerprint density at radius 3 is 2.29 bits per heavy atom. The van der Waals surface area contributed by atoms with Gasteiger partial charge in [0.2, 0.25) is 11.9 Å². The number of rotatable bonds is 8. The molecule has 0 unspecified atom stereocenters. The number of benzene rings is 3. The zero-order chi connectivity index (χ0) is 29.3. The molecule has 0 fully saturated rings. The lowest BCUT2D eigenvalue weighted by molar-refractivity contribution is 0.102. The molecular weight excluding hydrogens is 542 g/mol. The number of aromatic nitrogens is 4. The molecule has 0 bridgehead atoms. The van der Waals surface area contributed by atoms with E-state index in [2.05, 4.69) is 10.3 Å². The first kappa shape index (κ1) is 27.6. The number of carbonyl (C=O) groups is 1. The number of para-hydroxylation sites is 1. The molecule has 5 aromatic rings. The molecule has 1 amide bonds. The number of nitrogens with zero attached hydrogens (tertiary/aromatic N) is 6. The van der Waals surface area contributed by atoms with E-state index < -0.39 is 9.84 Å². The molecule has 12 heteroatoms. The van der Waals surface area contributed by atoms with Crippen molar-refractivity contribution in [3.05, 3.63) is 84.6 Å². The highest BCUT2D eigenvalue weighted by Crippen LogP contribution is 2.32. The predicted molar refractivity (Wildman–Crippen MR) is 159 cm³/mol. The Labute approximate surface area is 238 Å². The molecule has 0 radical (unpaired) electrons. The number of ether oxygens (including phenoxy) is 1. The van der Waals surface area contributed by atoms with Gasteiger partial charge in [-0.25, -0.2) is 18.4 Å². The van der Waals surface area contributed by atoms with Crippen molar-refractivity contribution in [2.75, 3.05) is 42.6 Å². The quantitative estimate of drug-likeness (QED) is 0.285. The summed E-state index contributed by atoms with van der Waals surface area (Å²) in [6, 6.07) is 21.0. The summed E-state index contributed by atoms with van der Waals surface area (Å²) in [4.78, 5) is 30.7. The van der Waals surface area contributed by atoms with Crippen LogP contribution in [0.5, 0.6) is 5.75 Å². The fourth-order valence-electron chi connectivity index (χ4n) is 4.34. The van der Waals surface area contributed by atoms with Gasteiger partial charge >= 0.3 is 0 Å². The summed E-state index contributed by atoms with van der Waals surface area (Å²) in [5.74, 6) is 1.84. The van der Waals surface area contributed by atoms with Crippen LogP contribution in [-0.2, 0) is 16.9 Å². The van der Waals surface area contributed by atoms with E-state index >= 15 is 0 Å². The van der Waals surface area contributed by atoms with E-state index in [1.54, 1.807) is 72.8 Å². The third-order valence-electron chi connectivity index (χ3n) is 6.75. The smallest absolute Gasteiger partial charge is 0.257 e. The fourth-order valence-corrected chi connectivity index (χ4v) is 4.97. The van der Waals surface area contributed by atoms with Gasteiger partial charge in [0.15, 0.2) is 9.84 Å². The van der Waals surface area contributed by atoms with Gasteiger partial charge in [-0.15, -0.1) is 0 Å². The SMILES string of the molecule is COc1ccc(C(=O)Nc2nc3c(N(C)c4ccnc(N(C)c5ccc(S(C)(=O)=O)cc5)n4)cccc3n2C)cc1. The molecule has 0 aliphatic rings. The molecule has 0 atom stereocenters. The molecule has 0 aliphatic heterocycles. The van der Waals surface area contributed by atoms with Crippen molar-refractivity contribution >= 4 is 55.9 Å². The van der Waals surface area contributed by atoms with E-state index in [-0.39, 0.29) is 10.8 Å². The Kier molecular flexibility index (Phi) is 7.33. The van der Waals surface area contributed by atoms with Crippen LogP contribution in [0.25, 0.3) is 11.0 Å². The zero-order valence-electron chi connectivity index (χ0n) is 23.2. The summed E-state index contributed by atoms with van der Waals surface area (Å²) in [6.45, 7) is 0. The lowest BCUT2D eigenvalue weighted by atomic mass is 10.2. The molecule has 11 nitrogen and oxygen atoms in total. The maximum absolute atomic E-state index is 12.9. The van der Waals surface area contributed by atoms with Crippen LogP contribution in [0.4, 0.5) is 29.1 Å². The molecule has 1 N–H and O–H groups in total. The maximum atomic E-state index is 12.9. The van der Waals surface area contributed by atoms with Crippen molar-refractivity contribution in [3.8, 4) is 5.75 Å². The Balaban J connectivity index is 1.42. The van der Waals surface area contributed by atoms with Gasteiger partial charge in [-0.05, 0) is 66.7 Å². The monoisotopic (exact) mass is 571 g/mol. The number of amides is 1. The zero-order valence-corrected chi connectivity index (χ0v) is 24.0. The van der Waals surface area contributed by atoms with Crippen LogP contribution in [0.1, 0.15) is 10.4 Å². The van der Waals surface area contributed by atoms with Crippen LogP contribution in [0, 0.1) is 0 Å². The lowest BCUT2D eigenvalue weighted by Crippen LogP contribution is -2.17. The lowest BCUT2D eigenvalue weighted by Gasteiger charge is -2.22. The third kappa shape index (κ3) is 5.54. The molecule has 41 heavy (non-hydrogen) atoms. The second-order valence-electron chi connectivity index (χ2n) is 9.42. The average Bonchev–Trinajstić information content (AvgIpc) is 3.30. The normalized spacial score (nSPS) is 11.3. The number of fused-ring (bicyclic) bond motifs is 1. The molecule has 0 saturated heterocycles. The number of anilines is 5. The molecule has 2 aromatic heterocycles. The first-order valence-corrected chi connectivity index (χ1v) is 14.5. The van der Waals surface area contributed by atoms with Crippen molar-refractivity contribution in [2.45, 2.75) is 4.90 Å². The van der Waals surface area contributed by atoms with E-state index in [9.17, 15) is 13.2 Å². The van der Waals surface area contributed by atoms with Crippen LogP contribution in [0.3, 0.4) is 0 Å². The van der Waals surface area contributed by atoms with Crippen molar-refractivity contribution < 1.29 is 17.9 Å². The molecule has 0 aliphatic carbocycles. The van der Waals surface area contributed by atoms with Gasteiger partial charge in [-0.1, -0.05) is 6.07 Å². The predicted octanol–water partition coefficient (Wildman–Crippen LogP) is 4.56. The van der Waals surface area contributed by atoms with Crippen molar-refractivity contribution in [3.63, 3.8) is 0 Å². The number of carbonyl (C=O) groups excluding carboxylic acids is 1. The van der Waals surface area contributed by atoms with Gasteiger partial charge in [0.05, 0.1) is 23.2 Å². The topological polar surface area (TPSA) is 123 Å². The minimum absolute atomic E-state index is 0.243. The van der Waals surface area contributed by atoms with E-state index in [0.717, 1.165) is 16.9 Å². The van der Waals surface area contributed by atoms with Gasteiger partial charge in [0.25, 0.3) is 5.91 Å². The van der Waals surface area contributed by atoms with Gasteiger partial charge in [0.1, 0.15) is 17.1 Å². The summed E-state index contributed by atoms with van der Waals surface area (Å²) in [6.07, 6.45) is 2.84. The molecular formula is C29H29N7O4S.